The fraction of sp³-hybridized carbons (Fsp3) is 0.286. The fourth-order valence-electron chi connectivity index (χ4n) is 2.83. The van der Waals surface area contributed by atoms with Gasteiger partial charge >= 0.3 is 5.97 Å². The first-order valence-corrected chi connectivity index (χ1v) is 10.1. The van der Waals surface area contributed by atoms with Gasteiger partial charge in [0.05, 0.1) is 7.11 Å². The Morgan fingerprint density at radius 2 is 1.86 bits per heavy atom. The largest absolute Gasteiger partial charge is 0.497 e. The van der Waals surface area contributed by atoms with Gasteiger partial charge in [-0.2, -0.15) is 0 Å². The maximum atomic E-state index is 11.7. The van der Waals surface area contributed by atoms with Crippen LogP contribution >= 0.6 is 11.8 Å². The van der Waals surface area contributed by atoms with Crippen molar-refractivity contribution in [3.05, 3.63) is 54.6 Å². The Morgan fingerprint density at radius 3 is 2.46 bits per heavy atom. The second-order valence-corrected chi connectivity index (χ2v) is 7.46. The number of rotatable bonds is 9. The summed E-state index contributed by atoms with van der Waals surface area (Å²) in [6.07, 6.45) is 2.40. The molecule has 0 amide bonds. The summed E-state index contributed by atoms with van der Waals surface area (Å²) in [5.74, 6) is 0.595. The first-order chi connectivity index (χ1) is 13.6. The highest BCUT2D eigenvalue weighted by Crippen LogP contribution is 2.32. The summed E-state index contributed by atoms with van der Waals surface area (Å²) in [5, 5.41) is 18.3. The highest BCUT2D eigenvalue weighted by Gasteiger charge is 2.24. The van der Waals surface area contributed by atoms with Gasteiger partial charge in [-0.3, -0.25) is 9.36 Å². The molecule has 28 heavy (non-hydrogen) atoms. The second kappa shape index (κ2) is 9.41. The lowest BCUT2D eigenvalue weighted by Gasteiger charge is -2.14. The summed E-state index contributed by atoms with van der Waals surface area (Å²) in [5.41, 5.74) is 1.77. The number of hydrogen-bond acceptors (Lipinski definition) is 5. The molecule has 146 valence electrons. The van der Waals surface area contributed by atoms with Crippen LogP contribution in [0, 0.1) is 0 Å². The van der Waals surface area contributed by atoms with Crippen LogP contribution in [0.25, 0.3) is 17.1 Å². The van der Waals surface area contributed by atoms with Crippen molar-refractivity contribution in [2.24, 2.45) is 0 Å². The summed E-state index contributed by atoms with van der Waals surface area (Å²) >= 11 is 1.25. The Bertz CT molecular complexity index is 910. The first-order valence-electron chi connectivity index (χ1n) is 9.18. The van der Waals surface area contributed by atoms with Crippen molar-refractivity contribution in [2.45, 2.75) is 36.6 Å². The maximum absolute atomic E-state index is 11.7. The number of aliphatic carboxylic acids is 1. The van der Waals surface area contributed by atoms with E-state index in [4.69, 9.17) is 4.74 Å². The monoisotopic (exact) mass is 397 g/mol. The van der Waals surface area contributed by atoms with E-state index in [2.05, 4.69) is 17.1 Å². The standard InChI is InChI=1S/C21H23N3O3S/c1-3-4-10-18(20(25)26)28-21-23-22-19(15-11-13-17(27-2)14-12-15)24(21)16-8-6-5-7-9-16/h5-9,11-14,18H,3-4,10H2,1-2H3,(H,25,26). The number of nitrogens with zero attached hydrogens (tertiary/aromatic N) is 3. The molecule has 0 aliphatic rings. The molecular weight excluding hydrogens is 374 g/mol. The molecule has 1 atom stereocenters. The molecule has 3 aromatic rings. The fourth-order valence-corrected chi connectivity index (χ4v) is 3.86. The minimum Gasteiger partial charge on any atom is -0.497 e. The number of ether oxygens (including phenoxy) is 1. The lowest BCUT2D eigenvalue weighted by atomic mass is 10.2. The van der Waals surface area contributed by atoms with Gasteiger partial charge in [0.25, 0.3) is 0 Å². The molecule has 3 rings (SSSR count). The zero-order chi connectivity index (χ0) is 19.9. The molecule has 0 bridgehead atoms. The van der Waals surface area contributed by atoms with E-state index < -0.39 is 11.2 Å². The summed E-state index contributed by atoms with van der Waals surface area (Å²) in [6.45, 7) is 2.05. The van der Waals surface area contributed by atoms with Gasteiger partial charge in [-0.05, 0) is 42.8 Å². The number of methoxy groups -OCH3 is 1. The second-order valence-electron chi connectivity index (χ2n) is 6.29. The van der Waals surface area contributed by atoms with Gasteiger partial charge in [-0.15, -0.1) is 10.2 Å². The topological polar surface area (TPSA) is 77.2 Å². The van der Waals surface area contributed by atoms with Crippen LogP contribution in [0.1, 0.15) is 26.2 Å². The number of aromatic nitrogens is 3. The van der Waals surface area contributed by atoms with E-state index in [9.17, 15) is 9.90 Å². The third kappa shape index (κ3) is 4.54. The minimum absolute atomic E-state index is 0.560. The molecule has 7 heteroatoms. The number of carboxylic acid groups (broad SMARTS) is 1. The molecule has 6 nitrogen and oxygen atoms in total. The molecule has 0 spiro atoms. The van der Waals surface area contributed by atoms with E-state index in [-0.39, 0.29) is 0 Å². The Morgan fingerprint density at radius 1 is 1.14 bits per heavy atom. The average molecular weight is 398 g/mol. The summed E-state index contributed by atoms with van der Waals surface area (Å²) in [4.78, 5) is 11.7. The molecule has 0 fully saturated rings. The van der Waals surface area contributed by atoms with Crippen molar-refractivity contribution in [1.82, 2.24) is 14.8 Å². The molecule has 1 unspecified atom stereocenters. The van der Waals surface area contributed by atoms with Crippen molar-refractivity contribution < 1.29 is 14.6 Å². The highest BCUT2D eigenvalue weighted by atomic mass is 32.2. The van der Waals surface area contributed by atoms with E-state index in [0.29, 0.717) is 17.4 Å². The summed E-state index contributed by atoms with van der Waals surface area (Å²) in [6, 6.07) is 17.3. The van der Waals surface area contributed by atoms with Crippen LogP contribution in [-0.4, -0.2) is 38.2 Å². The van der Waals surface area contributed by atoms with Crippen LogP contribution in [0.3, 0.4) is 0 Å². The van der Waals surface area contributed by atoms with Gasteiger partial charge in [-0.1, -0.05) is 49.7 Å². The number of carboxylic acids is 1. The van der Waals surface area contributed by atoms with E-state index >= 15 is 0 Å². The molecule has 0 radical (unpaired) electrons. The van der Waals surface area contributed by atoms with Crippen molar-refractivity contribution in [2.75, 3.05) is 7.11 Å². The minimum atomic E-state index is -0.827. The molecule has 0 aliphatic carbocycles. The molecule has 0 saturated carbocycles. The van der Waals surface area contributed by atoms with Crippen LogP contribution in [0.5, 0.6) is 5.75 Å². The number of para-hydroxylation sites is 1. The van der Waals surface area contributed by atoms with Crippen LogP contribution in [0.4, 0.5) is 0 Å². The van der Waals surface area contributed by atoms with Gasteiger partial charge in [0, 0.05) is 11.3 Å². The Hall–Kier alpha value is -2.80. The first kappa shape index (κ1) is 19.9. The van der Waals surface area contributed by atoms with Gasteiger partial charge in [0.15, 0.2) is 11.0 Å². The van der Waals surface area contributed by atoms with Gasteiger partial charge in [0.2, 0.25) is 0 Å². The molecule has 1 N–H and O–H groups in total. The number of unbranched alkanes of at least 4 members (excludes halogenated alkanes) is 1. The third-order valence-corrected chi connectivity index (χ3v) is 5.54. The number of thioether (sulfide) groups is 1. The lowest BCUT2D eigenvalue weighted by Crippen LogP contribution is -2.17. The Balaban J connectivity index is 2.03. The van der Waals surface area contributed by atoms with Crippen molar-refractivity contribution in [1.29, 1.82) is 0 Å². The molecular formula is C21H23N3O3S. The summed E-state index contributed by atoms with van der Waals surface area (Å²) < 4.78 is 7.14. The van der Waals surface area contributed by atoms with Crippen LogP contribution in [0.15, 0.2) is 59.8 Å². The van der Waals surface area contributed by atoms with Crippen molar-refractivity contribution in [3.8, 4) is 22.8 Å². The smallest absolute Gasteiger partial charge is 0.317 e. The van der Waals surface area contributed by atoms with E-state index in [1.807, 2.05) is 59.2 Å². The van der Waals surface area contributed by atoms with E-state index in [1.54, 1.807) is 7.11 Å². The summed E-state index contributed by atoms with van der Waals surface area (Å²) in [7, 11) is 1.62. The predicted octanol–water partition coefficient (Wildman–Crippen LogP) is 4.68. The zero-order valence-corrected chi connectivity index (χ0v) is 16.7. The molecule has 1 heterocycles. The van der Waals surface area contributed by atoms with Crippen molar-refractivity contribution >= 4 is 17.7 Å². The van der Waals surface area contributed by atoms with Gasteiger partial charge < -0.3 is 9.84 Å². The van der Waals surface area contributed by atoms with Crippen LogP contribution in [0.2, 0.25) is 0 Å². The van der Waals surface area contributed by atoms with Crippen LogP contribution in [-0.2, 0) is 4.79 Å². The number of hydrogen-bond donors (Lipinski definition) is 1. The highest BCUT2D eigenvalue weighted by molar-refractivity contribution is 8.00. The molecule has 0 saturated heterocycles. The zero-order valence-electron chi connectivity index (χ0n) is 15.9. The number of carbonyl (C=O) groups is 1. The lowest BCUT2D eigenvalue weighted by molar-refractivity contribution is -0.136. The van der Waals surface area contributed by atoms with E-state index in [0.717, 1.165) is 29.8 Å². The van der Waals surface area contributed by atoms with Gasteiger partial charge in [-0.25, -0.2) is 0 Å². The Labute approximate surface area is 168 Å². The van der Waals surface area contributed by atoms with Crippen molar-refractivity contribution in [3.63, 3.8) is 0 Å². The molecule has 2 aromatic carbocycles. The normalized spacial score (nSPS) is 11.9. The number of benzene rings is 2. The molecule has 1 aromatic heterocycles. The van der Waals surface area contributed by atoms with E-state index in [1.165, 1.54) is 11.8 Å². The maximum Gasteiger partial charge on any atom is 0.317 e. The predicted molar refractivity (Wildman–Crippen MR) is 110 cm³/mol. The average Bonchev–Trinajstić information content (AvgIpc) is 3.15. The van der Waals surface area contributed by atoms with Gasteiger partial charge in [0.1, 0.15) is 11.0 Å². The SMILES string of the molecule is CCCCC(Sc1nnc(-c2ccc(OC)cc2)n1-c1ccccc1)C(=O)O. The Kier molecular flexibility index (Phi) is 6.71. The quantitative estimate of drug-likeness (QED) is 0.528. The molecule has 0 aliphatic heterocycles. The van der Waals surface area contributed by atoms with Crippen LogP contribution < -0.4 is 4.74 Å². The third-order valence-electron chi connectivity index (χ3n) is 4.34.